The van der Waals surface area contributed by atoms with Crippen LogP contribution in [-0.2, 0) is 4.79 Å². The minimum absolute atomic E-state index is 0.0412. The predicted molar refractivity (Wildman–Crippen MR) is 63.5 cm³/mol. The van der Waals surface area contributed by atoms with Crippen LogP contribution in [0.4, 0.5) is 11.4 Å². The number of nitro benzene ring substituents is 1. The Bertz CT molecular complexity index is 436. The van der Waals surface area contributed by atoms with E-state index in [1.165, 1.54) is 18.2 Å². The van der Waals surface area contributed by atoms with Crippen LogP contribution in [0.5, 0.6) is 0 Å². The topological polar surface area (TPSA) is 92.5 Å². The number of aliphatic carboxylic acids is 1. The molecule has 0 amide bonds. The SMILES string of the molecule is O=C(O)CCCNc1cc([N+](=O)[O-])ccc1Cl. The van der Waals surface area contributed by atoms with Gasteiger partial charge in [-0.25, -0.2) is 0 Å². The van der Waals surface area contributed by atoms with Gasteiger partial charge < -0.3 is 10.4 Å². The first-order valence-electron chi connectivity index (χ1n) is 4.90. The minimum Gasteiger partial charge on any atom is -0.481 e. The fourth-order valence-corrected chi connectivity index (χ4v) is 1.41. The van der Waals surface area contributed by atoms with Crippen LogP contribution in [0, 0.1) is 10.1 Å². The summed E-state index contributed by atoms with van der Waals surface area (Å²) >= 11 is 5.84. The molecule has 92 valence electrons. The minimum atomic E-state index is -0.878. The predicted octanol–water partition coefficient (Wildman–Crippen LogP) is 2.52. The maximum absolute atomic E-state index is 10.5. The van der Waals surface area contributed by atoms with E-state index >= 15 is 0 Å². The van der Waals surface area contributed by atoms with Gasteiger partial charge in [-0.05, 0) is 12.5 Å². The average Bonchev–Trinajstić information content (AvgIpc) is 2.25. The Hall–Kier alpha value is -1.82. The van der Waals surface area contributed by atoms with Gasteiger partial charge in [-0.1, -0.05) is 11.6 Å². The second-order valence-electron chi connectivity index (χ2n) is 3.35. The highest BCUT2D eigenvalue weighted by atomic mass is 35.5. The highest BCUT2D eigenvalue weighted by Crippen LogP contribution is 2.26. The summed E-state index contributed by atoms with van der Waals surface area (Å²) in [4.78, 5) is 20.3. The van der Waals surface area contributed by atoms with Crippen LogP contribution in [0.2, 0.25) is 5.02 Å². The van der Waals surface area contributed by atoms with Crippen molar-refractivity contribution in [1.29, 1.82) is 0 Å². The molecule has 17 heavy (non-hydrogen) atoms. The number of non-ortho nitro benzene ring substituents is 1. The zero-order valence-corrected chi connectivity index (χ0v) is 9.61. The fourth-order valence-electron chi connectivity index (χ4n) is 1.22. The number of nitro groups is 1. The quantitative estimate of drug-likeness (QED) is 0.465. The number of carbonyl (C=O) groups is 1. The van der Waals surface area contributed by atoms with Gasteiger partial charge in [0.25, 0.3) is 5.69 Å². The van der Waals surface area contributed by atoms with Crippen molar-refractivity contribution in [2.45, 2.75) is 12.8 Å². The molecule has 0 unspecified atom stereocenters. The first kappa shape index (κ1) is 13.2. The first-order chi connectivity index (χ1) is 8.00. The van der Waals surface area contributed by atoms with E-state index in [0.717, 1.165) is 0 Å². The van der Waals surface area contributed by atoms with Crippen LogP contribution in [-0.4, -0.2) is 22.5 Å². The number of carboxylic acid groups (broad SMARTS) is 1. The maximum Gasteiger partial charge on any atom is 0.303 e. The Kier molecular flexibility index (Phi) is 4.71. The van der Waals surface area contributed by atoms with Crippen LogP contribution < -0.4 is 5.32 Å². The Balaban J connectivity index is 2.60. The van der Waals surface area contributed by atoms with Crippen molar-refractivity contribution in [3.8, 4) is 0 Å². The van der Waals surface area contributed by atoms with Gasteiger partial charge in [0.05, 0.1) is 15.6 Å². The lowest BCUT2D eigenvalue weighted by Crippen LogP contribution is -2.05. The normalized spacial score (nSPS) is 9.94. The lowest BCUT2D eigenvalue weighted by Gasteiger charge is -2.07. The highest BCUT2D eigenvalue weighted by Gasteiger charge is 2.09. The summed E-state index contributed by atoms with van der Waals surface area (Å²) in [5, 5.41) is 22.2. The largest absolute Gasteiger partial charge is 0.481 e. The number of halogens is 1. The number of nitrogens with one attached hydrogen (secondary N) is 1. The van der Waals surface area contributed by atoms with Gasteiger partial charge in [0.2, 0.25) is 0 Å². The van der Waals surface area contributed by atoms with Crippen molar-refractivity contribution in [2.24, 2.45) is 0 Å². The number of hydrogen-bond donors (Lipinski definition) is 2. The third-order valence-electron chi connectivity index (χ3n) is 2.04. The molecule has 0 atom stereocenters. The molecule has 0 aliphatic rings. The maximum atomic E-state index is 10.5. The summed E-state index contributed by atoms with van der Waals surface area (Å²) < 4.78 is 0. The molecule has 6 nitrogen and oxygen atoms in total. The summed E-state index contributed by atoms with van der Waals surface area (Å²) in [5.41, 5.74) is 0.376. The van der Waals surface area contributed by atoms with E-state index in [0.29, 0.717) is 23.7 Å². The summed E-state index contributed by atoms with van der Waals surface area (Å²) in [7, 11) is 0. The number of rotatable bonds is 6. The van der Waals surface area contributed by atoms with Gasteiger partial charge in [-0.2, -0.15) is 0 Å². The molecule has 0 spiro atoms. The highest BCUT2D eigenvalue weighted by molar-refractivity contribution is 6.33. The third-order valence-corrected chi connectivity index (χ3v) is 2.37. The molecule has 1 aromatic rings. The molecule has 2 N–H and O–H groups in total. The lowest BCUT2D eigenvalue weighted by atomic mass is 10.2. The van der Waals surface area contributed by atoms with Gasteiger partial charge >= 0.3 is 5.97 Å². The number of anilines is 1. The Morgan fingerprint density at radius 2 is 2.24 bits per heavy atom. The Labute approximate surface area is 102 Å². The summed E-state index contributed by atoms with van der Waals surface area (Å²) in [6.45, 7) is 0.396. The van der Waals surface area contributed by atoms with Crippen molar-refractivity contribution in [3.63, 3.8) is 0 Å². The van der Waals surface area contributed by atoms with Crippen molar-refractivity contribution in [1.82, 2.24) is 0 Å². The summed E-state index contributed by atoms with van der Waals surface area (Å²) in [6, 6.07) is 4.06. The molecule has 0 aliphatic heterocycles. The van der Waals surface area contributed by atoms with Crippen LogP contribution in [0.1, 0.15) is 12.8 Å². The molecular formula is C10H11ClN2O4. The van der Waals surface area contributed by atoms with Crippen LogP contribution in [0.3, 0.4) is 0 Å². The number of carboxylic acids is 1. The van der Waals surface area contributed by atoms with E-state index < -0.39 is 10.9 Å². The number of benzene rings is 1. The Morgan fingerprint density at radius 3 is 2.82 bits per heavy atom. The second-order valence-corrected chi connectivity index (χ2v) is 3.75. The molecule has 0 aliphatic carbocycles. The molecule has 0 fully saturated rings. The van der Waals surface area contributed by atoms with Gasteiger partial charge in [-0.3, -0.25) is 14.9 Å². The van der Waals surface area contributed by atoms with Crippen molar-refractivity contribution >= 4 is 28.9 Å². The van der Waals surface area contributed by atoms with E-state index in [-0.39, 0.29) is 12.1 Å². The fraction of sp³-hybridized carbons (Fsp3) is 0.300. The summed E-state index contributed by atoms with van der Waals surface area (Å²) in [6.07, 6.45) is 0.466. The first-order valence-corrected chi connectivity index (χ1v) is 5.28. The summed E-state index contributed by atoms with van der Waals surface area (Å²) in [5.74, 6) is -0.878. The second kappa shape index (κ2) is 6.05. The van der Waals surface area contributed by atoms with E-state index in [4.69, 9.17) is 16.7 Å². The lowest BCUT2D eigenvalue weighted by molar-refractivity contribution is -0.384. The zero-order chi connectivity index (χ0) is 12.8. The molecule has 0 radical (unpaired) electrons. The van der Waals surface area contributed by atoms with E-state index in [2.05, 4.69) is 5.32 Å². The molecule has 1 rings (SSSR count). The average molecular weight is 259 g/mol. The molecular weight excluding hydrogens is 248 g/mol. The van der Waals surface area contributed by atoms with Gasteiger partial charge in [-0.15, -0.1) is 0 Å². The standard InChI is InChI=1S/C10H11ClN2O4/c11-8-4-3-7(13(16)17)6-9(8)12-5-1-2-10(14)15/h3-4,6,12H,1-2,5H2,(H,14,15). The molecule has 0 heterocycles. The van der Waals surface area contributed by atoms with Gasteiger partial charge in [0, 0.05) is 25.1 Å². The molecule has 0 saturated carbocycles. The van der Waals surface area contributed by atoms with Crippen LogP contribution in [0.15, 0.2) is 18.2 Å². The molecule has 0 aromatic heterocycles. The van der Waals surface area contributed by atoms with Crippen molar-refractivity contribution in [2.75, 3.05) is 11.9 Å². The molecule has 1 aromatic carbocycles. The zero-order valence-electron chi connectivity index (χ0n) is 8.85. The Morgan fingerprint density at radius 1 is 1.53 bits per heavy atom. The monoisotopic (exact) mass is 258 g/mol. The smallest absolute Gasteiger partial charge is 0.303 e. The van der Waals surface area contributed by atoms with E-state index in [1.807, 2.05) is 0 Å². The molecule has 0 bridgehead atoms. The number of hydrogen-bond acceptors (Lipinski definition) is 4. The molecule has 0 saturated heterocycles. The van der Waals surface area contributed by atoms with Gasteiger partial charge in [0.1, 0.15) is 0 Å². The third kappa shape index (κ3) is 4.28. The van der Waals surface area contributed by atoms with Crippen molar-refractivity contribution in [3.05, 3.63) is 33.3 Å². The van der Waals surface area contributed by atoms with Crippen LogP contribution >= 0.6 is 11.6 Å². The van der Waals surface area contributed by atoms with Crippen LogP contribution in [0.25, 0.3) is 0 Å². The van der Waals surface area contributed by atoms with E-state index in [1.54, 1.807) is 0 Å². The van der Waals surface area contributed by atoms with Gasteiger partial charge in [0.15, 0.2) is 0 Å². The van der Waals surface area contributed by atoms with E-state index in [9.17, 15) is 14.9 Å². The molecule has 7 heteroatoms. The number of nitrogens with zero attached hydrogens (tertiary/aromatic N) is 1. The van der Waals surface area contributed by atoms with Crippen molar-refractivity contribution < 1.29 is 14.8 Å².